The molecular formula is C48H72Cl2Mn2N4O28. The average molecular weight is 1330 g/mol. The molecule has 1 aliphatic heterocycles. The van der Waals surface area contributed by atoms with Crippen LogP contribution in [-0.4, -0.2) is 192 Å². The third-order valence-corrected chi connectivity index (χ3v) is 8.79. The largest absolute Gasteiger partial charge is 3.00 e. The van der Waals surface area contributed by atoms with Crippen LogP contribution < -0.4 is 76.6 Å². The van der Waals surface area contributed by atoms with Gasteiger partial charge in [0.25, 0.3) is 0 Å². The Bertz CT molecular complexity index is 1950. The molecule has 32 nitrogen and oxygen atoms in total. The number of methoxy groups -OCH3 is 4. The number of para-hydroxylation sites is 4. The van der Waals surface area contributed by atoms with E-state index < -0.39 is 20.5 Å². The molecule has 0 saturated carbocycles. The van der Waals surface area contributed by atoms with Gasteiger partial charge in [0.2, 0.25) is 0 Å². The van der Waals surface area contributed by atoms with Crippen molar-refractivity contribution in [2.75, 3.05) is 134 Å². The van der Waals surface area contributed by atoms with E-state index in [4.69, 9.17) is 84.6 Å². The van der Waals surface area contributed by atoms with E-state index in [0.29, 0.717) is 128 Å². The molecule has 1 fully saturated rings. The fourth-order valence-corrected chi connectivity index (χ4v) is 5.38. The zero-order valence-electron chi connectivity index (χ0n) is 45.8. The second-order valence-electron chi connectivity index (χ2n) is 14.1. The van der Waals surface area contributed by atoms with Gasteiger partial charge in [-0.25, -0.2) is 37.3 Å². The molecular weight excluding hydrogens is 1260 g/mol. The number of hydrogen-bond donors (Lipinski definition) is 0. The van der Waals surface area contributed by atoms with E-state index in [-0.39, 0.29) is 113 Å². The Morgan fingerprint density at radius 3 is 0.607 bits per heavy atom. The van der Waals surface area contributed by atoms with E-state index in [9.17, 15) is 20.4 Å². The smallest absolute Gasteiger partial charge is 0.870 e. The second kappa shape index (κ2) is 58.2. The summed E-state index contributed by atoms with van der Waals surface area (Å²) in [6.07, 6.45) is 6.02. The van der Waals surface area contributed by atoms with Crippen LogP contribution in [0.4, 0.5) is 0 Å². The molecule has 0 unspecified atom stereocenters. The normalized spacial score (nSPS) is 13.0. The molecule has 4 aromatic rings. The first-order chi connectivity index (χ1) is 36.3. The molecule has 0 aromatic heterocycles. The van der Waals surface area contributed by atoms with Crippen molar-refractivity contribution in [1.29, 1.82) is 0 Å². The van der Waals surface area contributed by atoms with Gasteiger partial charge in [0.05, 0.1) is 134 Å². The molecule has 0 bridgehead atoms. The van der Waals surface area contributed by atoms with Crippen molar-refractivity contribution >= 4 is 24.9 Å². The molecule has 12 N–H and O–H groups in total. The molecule has 1 aliphatic rings. The first-order valence-electron chi connectivity index (χ1n) is 22.4. The number of hydrogen-bond acceptors (Lipinski definition) is 26. The van der Waals surface area contributed by atoms with Crippen LogP contribution in [0.2, 0.25) is 0 Å². The van der Waals surface area contributed by atoms with Crippen LogP contribution in [0.1, 0.15) is 22.3 Å². The van der Waals surface area contributed by atoms with Crippen molar-refractivity contribution in [1.82, 2.24) is 0 Å². The van der Waals surface area contributed by atoms with Crippen molar-refractivity contribution in [2.24, 2.45) is 20.0 Å². The molecule has 0 radical (unpaired) electrons. The third kappa shape index (κ3) is 49.1. The Labute approximate surface area is 510 Å². The summed E-state index contributed by atoms with van der Waals surface area (Å²) in [5.41, 5.74) is 1.86. The van der Waals surface area contributed by atoms with Gasteiger partial charge < -0.3 is 101 Å². The molecule has 480 valence electrons. The first-order valence-corrected chi connectivity index (χ1v) is 24.9. The van der Waals surface area contributed by atoms with Crippen molar-refractivity contribution < 1.29 is 193 Å². The number of rotatable bonds is 14. The Kier molecular flexibility index (Phi) is 65.9. The van der Waals surface area contributed by atoms with Gasteiger partial charge in [-0.05, 0) is 46.5 Å². The first kappa shape index (κ1) is 95.1. The number of nitrogens with zero attached hydrogens (tertiary/aromatic N) is 4. The van der Waals surface area contributed by atoms with Crippen LogP contribution in [0.5, 0.6) is 46.0 Å². The predicted molar refractivity (Wildman–Crippen MR) is 266 cm³/mol. The summed E-state index contributed by atoms with van der Waals surface area (Å²) in [4.78, 5) is 16.7. The van der Waals surface area contributed by atoms with E-state index in [1.807, 2.05) is 0 Å². The average Bonchev–Trinajstić information content (AvgIpc) is 3.37. The Hall–Kier alpha value is -5.22. The fraction of sp³-hybridized carbons (Fsp3) is 0.417. The van der Waals surface area contributed by atoms with Crippen LogP contribution in [-0.2, 0) is 62.6 Å². The molecule has 0 spiro atoms. The number of benzene rings is 4. The Morgan fingerprint density at radius 1 is 0.333 bits per heavy atom. The van der Waals surface area contributed by atoms with Crippen molar-refractivity contribution in [2.45, 2.75) is 0 Å². The quantitative estimate of drug-likeness (QED) is 0.0642. The minimum absolute atomic E-state index is 0. The van der Waals surface area contributed by atoms with E-state index >= 15 is 0 Å². The van der Waals surface area contributed by atoms with Crippen LogP contribution in [0.3, 0.4) is 0 Å². The third-order valence-electron chi connectivity index (χ3n) is 8.79. The molecule has 4 aromatic carbocycles. The molecule has 1 saturated heterocycles. The van der Waals surface area contributed by atoms with Gasteiger partial charge in [-0.3, -0.25) is 20.0 Å². The number of aliphatic imine (C=N–C) groups is 4. The molecule has 0 atom stereocenters. The summed E-state index contributed by atoms with van der Waals surface area (Å²) in [7, 11) is -4.07. The van der Waals surface area contributed by atoms with Gasteiger partial charge >= 0.3 is 34.1 Å². The van der Waals surface area contributed by atoms with Gasteiger partial charge in [0, 0.05) is 24.9 Å². The SMILES string of the molecule is C1COCCOCCOCCOCCOCCO1.COc1cccc(C=NCCN=Cc2cccc(OC)c2[O-])c1[O-].COc1cccc(C=NCCN=Cc2cccc(OC)c2[O-])c1[O-].O.O.O.O.O.O.[Mn+3].[Mn+3].[O-][Cl+3]([O-])([O-])[O-].[O-][Cl+3]([O-])([O-])[O-]. The zero-order valence-corrected chi connectivity index (χ0v) is 49.7. The Balaban J connectivity index is -0.000000153. The van der Waals surface area contributed by atoms with Gasteiger partial charge in [0.15, 0.2) is 0 Å². The number of ether oxygens (including phenoxy) is 10. The standard InChI is InChI=1S/2C18H20N2O4.C12H24O6.2ClHO4.2Mn.6H2O/c2*1-23-15-7-3-5-13(17(15)21)11-19-9-10-20-12-14-6-4-8-16(24-2)18(14)22;1-2-14-5-6-16-9-10-18-12-11-17-8-7-15-4-3-13-1;2*2-1(3,4)5;;;;;;;;/h2*3-8,11-12,21-22H,9-10H2,1-2H3;1-12H2;2*(H,2,3,4,5);;;6*1H2/q;;;;;2*+3;;;;;;/p-6. The van der Waals surface area contributed by atoms with Crippen LogP contribution in [0.15, 0.2) is 92.8 Å². The van der Waals surface area contributed by atoms with Gasteiger partial charge in [-0.1, -0.05) is 71.5 Å². The summed E-state index contributed by atoms with van der Waals surface area (Å²) < 4.78 is 120. The summed E-state index contributed by atoms with van der Waals surface area (Å²) in [5, 5.41) is 47.6. The predicted octanol–water partition coefficient (Wildman–Crippen LogP) is -11.6. The summed E-state index contributed by atoms with van der Waals surface area (Å²) in [5.74, 6) is 0.380. The topological polar surface area (TPSA) is 607 Å². The number of halogens is 2. The Morgan fingerprint density at radius 2 is 0.476 bits per heavy atom. The second-order valence-corrected chi connectivity index (χ2v) is 15.6. The zero-order chi connectivity index (χ0) is 56.5. The van der Waals surface area contributed by atoms with Crippen molar-refractivity contribution in [3.63, 3.8) is 0 Å². The monoisotopic (exact) mass is 1330 g/mol. The molecule has 1 heterocycles. The van der Waals surface area contributed by atoms with Crippen LogP contribution in [0, 0.1) is 20.5 Å². The summed E-state index contributed by atoms with van der Waals surface area (Å²) in [6, 6.07) is 20.1. The van der Waals surface area contributed by atoms with Crippen LogP contribution in [0.25, 0.3) is 0 Å². The molecule has 5 rings (SSSR count). The molecule has 0 amide bonds. The minimum atomic E-state index is -4.94. The van der Waals surface area contributed by atoms with Gasteiger partial charge in [0.1, 0.15) is 23.0 Å². The summed E-state index contributed by atoms with van der Waals surface area (Å²) in [6.45, 7) is 8.67. The van der Waals surface area contributed by atoms with Gasteiger partial charge in [-0.2, -0.15) is 0 Å². The van der Waals surface area contributed by atoms with E-state index in [2.05, 4.69) is 20.0 Å². The molecule has 84 heavy (non-hydrogen) atoms. The molecule has 36 heteroatoms. The van der Waals surface area contributed by atoms with Crippen molar-refractivity contribution in [3.05, 3.63) is 95.1 Å². The maximum atomic E-state index is 11.9. The maximum Gasteiger partial charge on any atom is 3.00 e. The summed E-state index contributed by atoms with van der Waals surface area (Å²) >= 11 is 0. The van der Waals surface area contributed by atoms with Gasteiger partial charge in [-0.15, -0.1) is 20.5 Å². The van der Waals surface area contributed by atoms with Crippen LogP contribution >= 0.6 is 0 Å². The molecule has 0 aliphatic carbocycles. The van der Waals surface area contributed by atoms with E-state index in [1.54, 1.807) is 72.8 Å². The van der Waals surface area contributed by atoms with E-state index in [0.717, 1.165) is 0 Å². The fourth-order valence-electron chi connectivity index (χ4n) is 5.38. The van der Waals surface area contributed by atoms with Crippen molar-refractivity contribution in [3.8, 4) is 46.0 Å². The van der Waals surface area contributed by atoms with E-state index in [1.165, 1.54) is 53.3 Å². The minimum Gasteiger partial charge on any atom is -0.870 e. The maximum absolute atomic E-state index is 11.9.